The largest absolute Gasteiger partial charge is 0.228 e. The third-order valence-corrected chi connectivity index (χ3v) is 12.6. The standard InChI is InChI=1S/C53H34N2S/c1-4-14-37(15-5-1)52-54-48(36-26-24-35(25-27-36)38-29-31-51-45(32-38)44-21-11-13-23-50(44)56-51)34-49(55-52)39-28-30-43-42-20-10-12-22-46(42)53(47(43)33-39,40-16-6-2-7-17-40)41-18-8-3-9-19-41/h1-34H. The van der Waals surface area contributed by atoms with Gasteiger partial charge in [-0.3, -0.25) is 0 Å². The smallest absolute Gasteiger partial charge is 0.160 e. The summed E-state index contributed by atoms with van der Waals surface area (Å²) in [7, 11) is 0. The Morgan fingerprint density at radius 1 is 0.339 bits per heavy atom. The first kappa shape index (κ1) is 32.5. The molecule has 0 radical (unpaired) electrons. The highest BCUT2D eigenvalue weighted by Gasteiger charge is 2.46. The monoisotopic (exact) mass is 730 g/mol. The van der Waals surface area contributed by atoms with E-state index in [4.69, 9.17) is 9.97 Å². The molecule has 0 bridgehead atoms. The van der Waals surface area contributed by atoms with E-state index in [0.29, 0.717) is 5.82 Å². The number of hydrogen-bond acceptors (Lipinski definition) is 3. The van der Waals surface area contributed by atoms with Gasteiger partial charge in [0.05, 0.1) is 16.8 Å². The molecule has 0 saturated carbocycles. The van der Waals surface area contributed by atoms with E-state index in [0.717, 1.165) is 28.1 Å². The lowest BCUT2D eigenvalue weighted by atomic mass is 9.67. The van der Waals surface area contributed by atoms with Crippen molar-refractivity contribution in [2.75, 3.05) is 0 Å². The predicted molar refractivity (Wildman–Crippen MR) is 234 cm³/mol. The Bertz CT molecular complexity index is 3020. The molecule has 11 rings (SSSR count). The predicted octanol–water partition coefficient (Wildman–Crippen LogP) is 13.9. The molecular formula is C53H34N2S. The summed E-state index contributed by atoms with van der Waals surface area (Å²) in [6, 6.07) is 74.5. The van der Waals surface area contributed by atoms with E-state index < -0.39 is 5.41 Å². The number of nitrogens with zero attached hydrogens (tertiary/aromatic N) is 2. The maximum absolute atomic E-state index is 5.27. The van der Waals surface area contributed by atoms with Crippen molar-refractivity contribution in [2.24, 2.45) is 0 Å². The minimum Gasteiger partial charge on any atom is -0.228 e. The minimum absolute atomic E-state index is 0.489. The Morgan fingerprint density at radius 2 is 0.893 bits per heavy atom. The summed E-state index contributed by atoms with van der Waals surface area (Å²) >= 11 is 1.85. The van der Waals surface area contributed by atoms with Gasteiger partial charge in [-0.15, -0.1) is 11.3 Å². The van der Waals surface area contributed by atoms with E-state index in [1.807, 2.05) is 29.5 Å². The number of thiophene rings is 1. The van der Waals surface area contributed by atoms with E-state index in [1.54, 1.807) is 0 Å². The van der Waals surface area contributed by atoms with Crippen molar-refractivity contribution in [1.29, 1.82) is 0 Å². The highest BCUT2D eigenvalue weighted by atomic mass is 32.1. The molecule has 0 fully saturated rings. The molecule has 0 aliphatic heterocycles. The van der Waals surface area contributed by atoms with Gasteiger partial charge in [0, 0.05) is 36.9 Å². The summed E-state index contributed by atoms with van der Waals surface area (Å²) in [5.41, 5.74) is 14.3. The van der Waals surface area contributed by atoms with Crippen LogP contribution in [0.15, 0.2) is 206 Å². The lowest BCUT2D eigenvalue weighted by Gasteiger charge is -2.34. The highest BCUT2D eigenvalue weighted by Crippen LogP contribution is 2.56. The zero-order valence-corrected chi connectivity index (χ0v) is 31.2. The van der Waals surface area contributed by atoms with Crippen molar-refractivity contribution in [1.82, 2.24) is 9.97 Å². The Hall–Kier alpha value is -6.94. The topological polar surface area (TPSA) is 25.8 Å². The first-order valence-corrected chi connectivity index (χ1v) is 19.9. The molecule has 2 heterocycles. The molecule has 0 N–H and O–H groups in total. The van der Waals surface area contributed by atoms with Gasteiger partial charge in [0.25, 0.3) is 0 Å². The molecule has 2 aromatic heterocycles. The van der Waals surface area contributed by atoms with Gasteiger partial charge < -0.3 is 0 Å². The molecule has 0 unspecified atom stereocenters. The van der Waals surface area contributed by atoms with Crippen LogP contribution < -0.4 is 0 Å². The maximum Gasteiger partial charge on any atom is 0.160 e. The molecule has 10 aromatic rings. The normalized spacial score (nSPS) is 12.8. The van der Waals surface area contributed by atoms with Crippen molar-refractivity contribution < 1.29 is 0 Å². The second-order valence-corrected chi connectivity index (χ2v) is 15.6. The third kappa shape index (κ3) is 5.16. The quantitative estimate of drug-likeness (QED) is 0.170. The Morgan fingerprint density at radius 3 is 1.64 bits per heavy atom. The van der Waals surface area contributed by atoms with Crippen LogP contribution in [-0.2, 0) is 5.41 Å². The van der Waals surface area contributed by atoms with Gasteiger partial charge in [-0.05, 0) is 74.8 Å². The first-order chi connectivity index (χ1) is 27.7. The molecule has 0 atom stereocenters. The van der Waals surface area contributed by atoms with Crippen molar-refractivity contribution >= 4 is 31.5 Å². The van der Waals surface area contributed by atoms with Crippen LogP contribution in [0.5, 0.6) is 0 Å². The summed E-state index contributed by atoms with van der Waals surface area (Å²) in [6.45, 7) is 0. The summed E-state index contributed by atoms with van der Waals surface area (Å²) < 4.78 is 2.64. The molecule has 0 spiro atoms. The van der Waals surface area contributed by atoms with Crippen molar-refractivity contribution in [2.45, 2.75) is 5.41 Å². The minimum atomic E-state index is -0.489. The van der Waals surface area contributed by atoms with Crippen LogP contribution in [0, 0.1) is 0 Å². The summed E-state index contributed by atoms with van der Waals surface area (Å²) in [5.74, 6) is 0.707. The average molecular weight is 731 g/mol. The van der Waals surface area contributed by atoms with E-state index in [9.17, 15) is 0 Å². The molecule has 3 heteroatoms. The molecule has 56 heavy (non-hydrogen) atoms. The maximum atomic E-state index is 5.27. The SMILES string of the molecule is c1ccc(-c2nc(-c3ccc(-c4ccc5sc6ccccc6c5c4)cc3)cc(-c3ccc4c(c3)C(c3ccccc3)(c3ccccc3)c3ccccc3-4)n2)cc1. The van der Waals surface area contributed by atoms with E-state index in [-0.39, 0.29) is 0 Å². The van der Waals surface area contributed by atoms with Crippen LogP contribution in [0.1, 0.15) is 22.3 Å². The fourth-order valence-corrected chi connectivity index (χ4v) is 9.89. The molecule has 8 aromatic carbocycles. The van der Waals surface area contributed by atoms with Gasteiger partial charge in [0.15, 0.2) is 5.82 Å². The van der Waals surface area contributed by atoms with Crippen LogP contribution >= 0.6 is 11.3 Å². The van der Waals surface area contributed by atoms with Crippen molar-refractivity contribution in [3.63, 3.8) is 0 Å². The summed E-state index contributed by atoms with van der Waals surface area (Å²) in [6.07, 6.45) is 0. The van der Waals surface area contributed by atoms with Crippen molar-refractivity contribution in [3.8, 4) is 56.2 Å². The first-order valence-electron chi connectivity index (χ1n) is 19.1. The zero-order valence-electron chi connectivity index (χ0n) is 30.4. The van der Waals surface area contributed by atoms with Gasteiger partial charge in [0.2, 0.25) is 0 Å². The molecule has 0 saturated heterocycles. The molecular weight excluding hydrogens is 697 g/mol. The van der Waals surface area contributed by atoms with Crippen LogP contribution in [0.4, 0.5) is 0 Å². The van der Waals surface area contributed by atoms with E-state index in [2.05, 4.69) is 188 Å². The Labute approximate surface area is 330 Å². The molecule has 0 amide bonds. The van der Waals surface area contributed by atoms with Gasteiger partial charge in [-0.1, -0.05) is 176 Å². The van der Waals surface area contributed by atoms with E-state index in [1.165, 1.54) is 64.7 Å². The summed E-state index contributed by atoms with van der Waals surface area (Å²) in [5, 5.41) is 2.62. The zero-order chi connectivity index (χ0) is 37.1. The second-order valence-electron chi connectivity index (χ2n) is 14.5. The van der Waals surface area contributed by atoms with Crippen LogP contribution in [-0.4, -0.2) is 9.97 Å². The lowest BCUT2D eigenvalue weighted by molar-refractivity contribution is 0.768. The molecule has 1 aliphatic carbocycles. The number of fused-ring (bicyclic) bond motifs is 6. The molecule has 1 aliphatic rings. The number of benzene rings is 8. The number of rotatable bonds is 6. The van der Waals surface area contributed by atoms with Gasteiger partial charge in [0.1, 0.15) is 0 Å². The Balaban J connectivity index is 1.06. The van der Waals surface area contributed by atoms with Crippen LogP contribution in [0.3, 0.4) is 0 Å². The van der Waals surface area contributed by atoms with Gasteiger partial charge in [-0.2, -0.15) is 0 Å². The van der Waals surface area contributed by atoms with Crippen LogP contribution in [0.2, 0.25) is 0 Å². The van der Waals surface area contributed by atoms with E-state index >= 15 is 0 Å². The second kappa shape index (κ2) is 13.1. The lowest BCUT2D eigenvalue weighted by Crippen LogP contribution is -2.28. The Kier molecular flexibility index (Phi) is 7.61. The van der Waals surface area contributed by atoms with Crippen LogP contribution in [0.25, 0.3) is 76.3 Å². The fourth-order valence-electron chi connectivity index (χ4n) is 8.80. The summed E-state index contributed by atoms with van der Waals surface area (Å²) in [4.78, 5) is 10.5. The fraction of sp³-hybridized carbons (Fsp3) is 0.0189. The van der Waals surface area contributed by atoms with Gasteiger partial charge in [-0.25, -0.2) is 9.97 Å². The third-order valence-electron chi connectivity index (χ3n) is 11.4. The van der Waals surface area contributed by atoms with Crippen molar-refractivity contribution in [3.05, 3.63) is 229 Å². The molecule has 262 valence electrons. The highest BCUT2D eigenvalue weighted by molar-refractivity contribution is 7.25. The number of hydrogen-bond donors (Lipinski definition) is 0. The average Bonchev–Trinajstić information content (AvgIpc) is 3.80. The number of aromatic nitrogens is 2. The molecule has 2 nitrogen and oxygen atoms in total. The van der Waals surface area contributed by atoms with Gasteiger partial charge >= 0.3 is 0 Å².